The summed E-state index contributed by atoms with van der Waals surface area (Å²) in [5, 5.41) is 7.65. The van der Waals surface area contributed by atoms with Crippen molar-refractivity contribution in [2.45, 2.75) is 26.3 Å². The average molecular weight is 351 g/mol. The smallest absolute Gasteiger partial charge is 0.321 e. The van der Waals surface area contributed by atoms with Crippen LogP contribution in [0.4, 0.5) is 10.5 Å². The van der Waals surface area contributed by atoms with E-state index in [2.05, 4.69) is 16.0 Å². The highest BCUT2D eigenvalue weighted by Gasteiger charge is 2.17. The van der Waals surface area contributed by atoms with Crippen LogP contribution in [-0.4, -0.2) is 51.1 Å². The summed E-state index contributed by atoms with van der Waals surface area (Å²) >= 11 is 0. The number of rotatable bonds is 8. The monoisotopic (exact) mass is 351 g/mol. The molecular formula is C17H27N4O4+. The van der Waals surface area contributed by atoms with E-state index in [1.165, 1.54) is 0 Å². The van der Waals surface area contributed by atoms with Gasteiger partial charge in [-0.15, -0.1) is 0 Å². The fourth-order valence-electron chi connectivity index (χ4n) is 2.05. The number of amides is 4. The summed E-state index contributed by atoms with van der Waals surface area (Å²) in [7, 11) is 3.26. The van der Waals surface area contributed by atoms with Crippen LogP contribution in [0.1, 0.15) is 20.3 Å². The fraction of sp³-hybridized carbons (Fsp3) is 0.471. The Morgan fingerprint density at radius 3 is 2.52 bits per heavy atom. The Morgan fingerprint density at radius 1 is 1.20 bits per heavy atom. The van der Waals surface area contributed by atoms with Crippen LogP contribution in [-0.2, 0) is 9.59 Å². The molecule has 2 atom stereocenters. The van der Waals surface area contributed by atoms with Crippen LogP contribution in [0.3, 0.4) is 0 Å². The first-order valence-corrected chi connectivity index (χ1v) is 8.19. The lowest BCUT2D eigenvalue weighted by Gasteiger charge is -2.15. The normalized spacial score (nSPS) is 12.6. The molecule has 0 fully saturated rings. The second-order valence-corrected chi connectivity index (χ2v) is 5.92. The largest absolute Gasteiger partial charge is 0.497 e. The molecule has 1 aromatic rings. The van der Waals surface area contributed by atoms with E-state index in [4.69, 9.17) is 4.74 Å². The molecule has 0 aliphatic carbocycles. The third-order valence-corrected chi connectivity index (χ3v) is 3.52. The van der Waals surface area contributed by atoms with Crippen molar-refractivity contribution in [1.29, 1.82) is 0 Å². The molecule has 1 unspecified atom stereocenters. The lowest BCUT2D eigenvalue weighted by Crippen LogP contribution is -3.11. The van der Waals surface area contributed by atoms with E-state index in [1.54, 1.807) is 38.4 Å². The number of benzene rings is 1. The van der Waals surface area contributed by atoms with E-state index < -0.39 is 11.9 Å². The summed E-state index contributed by atoms with van der Waals surface area (Å²) in [4.78, 5) is 36.1. The van der Waals surface area contributed by atoms with E-state index in [0.29, 0.717) is 16.3 Å². The molecule has 1 rings (SSSR count). The maximum Gasteiger partial charge on any atom is 0.321 e. The van der Waals surface area contributed by atoms with Crippen molar-refractivity contribution < 1.29 is 24.0 Å². The minimum absolute atomic E-state index is 0.00785. The Labute approximate surface area is 147 Å². The molecule has 8 heteroatoms. The predicted octanol–water partition coefficient (Wildman–Crippen LogP) is -0.227. The quantitative estimate of drug-likeness (QED) is 0.520. The van der Waals surface area contributed by atoms with Crippen LogP contribution < -0.4 is 25.6 Å². The molecule has 25 heavy (non-hydrogen) atoms. The first-order chi connectivity index (χ1) is 11.8. The molecule has 0 aromatic heterocycles. The van der Waals surface area contributed by atoms with Crippen LogP contribution in [0.5, 0.6) is 5.75 Å². The van der Waals surface area contributed by atoms with Crippen LogP contribution in [0.25, 0.3) is 0 Å². The molecule has 4 amide bonds. The van der Waals surface area contributed by atoms with E-state index >= 15 is 0 Å². The lowest BCUT2D eigenvalue weighted by atomic mass is 10.3. The molecule has 0 spiro atoms. The molecule has 8 nitrogen and oxygen atoms in total. The van der Waals surface area contributed by atoms with E-state index in [-0.39, 0.29) is 25.0 Å². The van der Waals surface area contributed by atoms with Gasteiger partial charge in [0.1, 0.15) is 5.75 Å². The van der Waals surface area contributed by atoms with Crippen molar-refractivity contribution in [3.8, 4) is 5.75 Å². The van der Waals surface area contributed by atoms with Gasteiger partial charge in [-0.3, -0.25) is 14.9 Å². The second-order valence-electron chi connectivity index (χ2n) is 5.92. The summed E-state index contributed by atoms with van der Waals surface area (Å²) in [5.74, 6) is -0.0275. The maximum absolute atomic E-state index is 12.0. The topological polar surface area (TPSA) is 101 Å². The molecule has 4 N–H and O–H groups in total. The van der Waals surface area contributed by atoms with Gasteiger partial charge in [-0.2, -0.15) is 0 Å². The highest BCUT2D eigenvalue weighted by atomic mass is 16.5. The minimum Gasteiger partial charge on any atom is -0.497 e. The van der Waals surface area contributed by atoms with Crippen LogP contribution in [0, 0.1) is 0 Å². The average Bonchev–Trinajstić information content (AvgIpc) is 2.53. The van der Waals surface area contributed by atoms with Crippen molar-refractivity contribution in [3.05, 3.63) is 24.3 Å². The first-order valence-electron chi connectivity index (χ1n) is 8.19. The molecule has 0 heterocycles. The maximum atomic E-state index is 12.0. The predicted molar refractivity (Wildman–Crippen MR) is 94.7 cm³/mol. The number of methoxy groups -OCH3 is 1. The van der Waals surface area contributed by atoms with Gasteiger partial charge in [0.2, 0.25) is 0 Å². The summed E-state index contributed by atoms with van der Waals surface area (Å²) < 4.78 is 5.10. The Morgan fingerprint density at radius 2 is 1.88 bits per heavy atom. The summed E-state index contributed by atoms with van der Waals surface area (Å²) in [6, 6.07) is 6.48. The summed E-state index contributed by atoms with van der Waals surface area (Å²) in [6.07, 6.45) is 0.775. The minimum atomic E-state index is -0.520. The Bertz CT molecular complexity index is 606. The van der Waals surface area contributed by atoms with Crippen molar-refractivity contribution >= 4 is 23.5 Å². The molecule has 0 saturated heterocycles. The van der Waals surface area contributed by atoms with E-state index in [0.717, 1.165) is 6.42 Å². The number of imide groups is 1. The number of hydrogen-bond acceptors (Lipinski definition) is 4. The number of quaternary nitrogens is 1. The molecule has 0 radical (unpaired) electrons. The van der Waals surface area contributed by atoms with Crippen LogP contribution in [0.15, 0.2) is 24.3 Å². The number of hydrogen-bond donors (Lipinski definition) is 4. The zero-order valence-corrected chi connectivity index (χ0v) is 15.1. The van der Waals surface area contributed by atoms with Crippen LogP contribution in [0.2, 0.25) is 0 Å². The second kappa shape index (κ2) is 10.3. The van der Waals surface area contributed by atoms with Crippen LogP contribution >= 0.6 is 0 Å². The number of likely N-dealkylation sites (N-methyl/N-ethyl adjacent to an activating group) is 1. The Balaban J connectivity index is 2.39. The van der Waals surface area contributed by atoms with E-state index in [1.807, 2.05) is 13.8 Å². The SMILES string of the molecule is CC[C@H](C)NC(=O)NC(=O)C[NH+](C)CC(=O)Nc1cccc(OC)c1. The van der Waals surface area contributed by atoms with Gasteiger partial charge in [0.05, 0.1) is 14.2 Å². The fourth-order valence-corrected chi connectivity index (χ4v) is 2.05. The van der Waals surface area contributed by atoms with E-state index in [9.17, 15) is 14.4 Å². The zero-order chi connectivity index (χ0) is 18.8. The number of carbonyl (C=O) groups is 3. The number of anilines is 1. The van der Waals surface area contributed by atoms with Gasteiger partial charge in [0, 0.05) is 17.8 Å². The molecule has 0 aliphatic rings. The van der Waals surface area contributed by atoms with Gasteiger partial charge in [-0.25, -0.2) is 4.79 Å². The highest BCUT2D eigenvalue weighted by molar-refractivity contribution is 5.95. The third-order valence-electron chi connectivity index (χ3n) is 3.52. The third kappa shape index (κ3) is 8.16. The molecule has 0 aliphatic heterocycles. The van der Waals surface area contributed by atoms with Gasteiger partial charge < -0.3 is 20.3 Å². The summed E-state index contributed by atoms with van der Waals surface area (Å²) in [6.45, 7) is 3.90. The highest BCUT2D eigenvalue weighted by Crippen LogP contribution is 2.16. The number of urea groups is 1. The van der Waals surface area contributed by atoms with Crippen molar-refractivity contribution in [2.24, 2.45) is 0 Å². The van der Waals surface area contributed by atoms with Gasteiger partial charge >= 0.3 is 6.03 Å². The molecule has 138 valence electrons. The van der Waals surface area contributed by atoms with Crippen molar-refractivity contribution in [2.75, 3.05) is 32.6 Å². The number of carbonyl (C=O) groups excluding carboxylic acids is 3. The Kier molecular flexibility index (Phi) is 8.42. The zero-order valence-electron chi connectivity index (χ0n) is 15.1. The number of nitrogens with one attached hydrogen (secondary N) is 4. The Hall–Kier alpha value is -2.61. The van der Waals surface area contributed by atoms with Gasteiger partial charge in [-0.1, -0.05) is 13.0 Å². The molecule has 0 saturated carbocycles. The van der Waals surface area contributed by atoms with Gasteiger partial charge in [0.25, 0.3) is 11.8 Å². The molecule has 0 bridgehead atoms. The van der Waals surface area contributed by atoms with Gasteiger partial charge in [-0.05, 0) is 25.5 Å². The lowest BCUT2D eigenvalue weighted by molar-refractivity contribution is -0.862. The van der Waals surface area contributed by atoms with Crippen molar-refractivity contribution in [1.82, 2.24) is 10.6 Å². The number of ether oxygens (including phenoxy) is 1. The summed E-state index contributed by atoms with van der Waals surface area (Å²) in [5.41, 5.74) is 0.620. The first kappa shape index (κ1) is 20.4. The van der Waals surface area contributed by atoms with Gasteiger partial charge in [0.15, 0.2) is 13.1 Å². The standard InChI is InChI=1S/C17H26N4O4/c1-5-12(2)18-17(24)20-16(23)11-21(3)10-15(22)19-13-7-6-8-14(9-13)25-4/h6-9,12H,5,10-11H2,1-4H3,(H,19,22)(H2,18,20,23,24)/p+1/t12-/m0/s1. The van der Waals surface area contributed by atoms with Crippen molar-refractivity contribution in [3.63, 3.8) is 0 Å². The molecular weight excluding hydrogens is 324 g/mol. The molecule has 1 aromatic carbocycles.